The molecule has 0 heterocycles. The molecule has 0 bridgehead atoms. The van der Waals surface area contributed by atoms with Crippen molar-refractivity contribution in [3.05, 3.63) is 54.1 Å². The molecule has 144 valence electrons. The highest BCUT2D eigenvalue weighted by atomic mass is 32.2. The quantitative estimate of drug-likeness (QED) is 0.792. The van der Waals surface area contributed by atoms with Crippen molar-refractivity contribution in [2.24, 2.45) is 0 Å². The van der Waals surface area contributed by atoms with E-state index < -0.39 is 10.0 Å². The zero-order chi connectivity index (χ0) is 19.3. The maximum atomic E-state index is 12.6. The van der Waals surface area contributed by atoms with Crippen molar-refractivity contribution < 1.29 is 17.9 Å². The van der Waals surface area contributed by atoms with E-state index >= 15 is 0 Å². The van der Waals surface area contributed by atoms with Gasteiger partial charge in [0.1, 0.15) is 5.75 Å². The van der Waals surface area contributed by atoms with E-state index in [1.807, 2.05) is 0 Å². The molecule has 1 aliphatic carbocycles. The van der Waals surface area contributed by atoms with Crippen molar-refractivity contribution in [3.63, 3.8) is 0 Å². The molecule has 0 saturated heterocycles. The molecule has 2 aromatic carbocycles. The van der Waals surface area contributed by atoms with Gasteiger partial charge < -0.3 is 10.1 Å². The van der Waals surface area contributed by atoms with E-state index in [2.05, 4.69) is 10.0 Å². The second-order valence-electron chi connectivity index (χ2n) is 6.64. The Hall–Kier alpha value is -2.54. The van der Waals surface area contributed by atoms with E-state index in [1.165, 1.54) is 37.8 Å². The summed E-state index contributed by atoms with van der Waals surface area (Å²) < 4.78 is 32.9. The van der Waals surface area contributed by atoms with E-state index in [0.29, 0.717) is 17.0 Å². The van der Waals surface area contributed by atoms with E-state index in [1.54, 1.807) is 24.3 Å². The molecule has 2 N–H and O–H groups in total. The third-order valence-electron chi connectivity index (χ3n) is 4.72. The minimum Gasteiger partial charge on any atom is -0.495 e. The van der Waals surface area contributed by atoms with E-state index in [0.717, 1.165) is 25.7 Å². The standard InChI is InChI=1S/C20H24N2O4S/c1-26-19-10-6-5-9-18(19)22-27(24,25)17-13-11-15(12-14-17)20(23)21-16-7-3-2-4-8-16/h5-6,9-14,16,22H,2-4,7-8H2,1H3,(H,21,23). The minimum absolute atomic E-state index is 0.0858. The number of rotatable bonds is 6. The number of hydrogen-bond donors (Lipinski definition) is 2. The van der Waals surface area contributed by atoms with Crippen molar-refractivity contribution >= 4 is 21.6 Å². The molecule has 1 amide bonds. The van der Waals surface area contributed by atoms with Gasteiger partial charge in [0.2, 0.25) is 0 Å². The van der Waals surface area contributed by atoms with Crippen molar-refractivity contribution in [2.45, 2.75) is 43.0 Å². The molecule has 2 aromatic rings. The third-order valence-corrected chi connectivity index (χ3v) is 6.10. The lowest BCUT2D eigenvalue weighted by Crippen LogP contribution is -2.36. The number of methoxy groups -OCH3 is 1. The molecule has 6 nitrogen and oxygen atoms in total. The zero-order valence-electron chi connectivity index (χ0n) is 15.3. The Kier molecular flexibility index (Phi) is 6.01. The fourth-order valence-corrected chi connectivity index (χ4v) is 4.30. The number of hydrogen-bond acceptors (Lipinski definition) is 4. The van der Waals surface area contributed by atoms with Crippen molar-refractivity contribution in [2.75, 3.05) is 11.8 Å². The summed E-state index contributed by atoms with van der Waals surface area (Å²) in [5, 5.41) is 3.03. The minimum atomic E-state index is -3.78. The molecule has 27 heavy (non-hydrogen) atoms. The Morgan fingerprint density at radius 1 is 1.00 bits per heavy atom. The highest BCUT2D eigenvalue weighted by Crippen LogP contribution is 2.26. The monoisotopic (exact) mass is 388 g/mol. The smallest absolute Gasteiger partial charge is 0.262 e. The average Bonchev–Trinajstić information content (AvgIpc) is 2.69. The fourth-order valence-electron chi connectivity index (χ4n) is 3.23. The van der Waals surface area contributed by atoms with Crippen LogP contribution in [0.2, 0.25) is 0 Å². The fraction of sp³-hybridized carbons (Fsp3) is 0.350. The molecule has 7 heteroatoms. The van der Waals surface area contributed by atoms with Crippen LogP contribution >= 0.6 is 0 Å². The van der Waals surface area contributed by atoms with Crippen LogP contribution in [0, 0.1) is 0 Å². The van der Waals surface area contributed by atoms with Gasteiger partial charge in [-0.3, -0.25) is 9.52 Å². The van der Waals surface area contributed by atoms with Crippen molar-refractivity contribution in [1.82, 2.24) is 5.32 Å². The number of ether oxygens (including phenoxy) is 1. The zero-order valence-corrected chi connectivity index (χ0v) is 16.1. The first-order chi connectivity index (χ1) is 13.0. The summed E-state index contributed by atoms with van der Waals surface area (Å²) in [6.45, 7) is 0. The summed E-state index contributed by atoms with van der Waals surface area (Å²) in [5.41, 5.74) is 0.816. The second kappa shape index (κ2) is 8.43. The Labute approximate surface area is 160 Å². The largest absolute Gasteiger partial charge is 0.495 e. The number of para-hydroxylation sites is 2. The lowest BCUT2D eigenvalue weighted by molar-refractivity contribution is 0.0927. The number of benzene rings is 2. The predicted molar refractivity (Wildman–Crippen MR) is 105 cm³/mol. The normalized spacial score (nSPS) is 15.1. The van der Waals surface area contributed by atoms with Crippen LogP contribution in [-0.2, 0) is 10.0 Å². The molecule has 1 aliphatic rings. The highest BCUT2D eigenvalue weighted by Gasteiger charge is 2.19. The van der Waals surface area contributed by atoms with Gasteiger partial charge in [-0.2, -0.15) is 0 Å². The molecule has 1 fully saturated rings. The van der Waals surface area contributed by atoms with Crippen LogP contribution in [0.15, 0.2) is 53.4 Å². The molecule has 0 spiro atoms. The number of anilines is 1. The van der Waals surface area contributed by atoms with Gasteiger partial charge in [0.25, 0.3) is 15.9 Å². The molecule has 0 aromatic heterocycles. The molecular formula is C20H24N2O4S. The summed E-state index contributed by atoms with van der Waals surface area (Å²) in [4.78, 5) is 12.4. The van der Waals surface area contributed by atoms with Gasteiger partial charge in [0.15, 0.2) is 0 Å². The van der Waals surface area contributed by atoms with E-state index in [4.69, 9.17) is 4.74 Å². The Morgan fingerprint density at radius 3 is 2.33 bits per heavy atom. The molecule has 0 aliphatic heterocycles. The number of amides is 1. The molecule has 3 rings (SSSR count). The molecule has 0 unspecified atom stereocenters. The van der Waals surface area contributed by atoms with Gasteiger partial charge in [-0.25, -0.2) is 8.42 Å². The van der Waals surface area contributed by atoms with Gasteiger partial charge >= 0.3 is 0 Å². The maximum Gasteiger partial charge on any atom is 0.262 e. The molecule has 0 radical (unpaired) electrons. The van der Waals surface area contributed by atoms with Crippen LogP contribution in [0.4, 0.5) is 5.69 Å². The van der Waals surface area contributed by atoms with Crippen LogP contribution in [0.1, 0.15) is 42.5 Å². The highest BCUT2D eigenvalue weighted by molar-refractivity contribution is 7.92. The first-order valence-corrected chi connectivity index (χ1v) is 10.5. The number of carbonyl (C=O) groups excluding carboxylic acids is 1. The second-order valence-corrected chi connectivity index (χ2v) is 8.32. The van der Waals surface area contributed by atoms with Crippen LogP contribution in [0.3, 0.4) is 0 Å². The lowest BCUT2D eigenvalue weighted by atomic mass is 9.95. The lowest BCUT2D eigenvalue weighted by Gasteiger charge is -2.22. The molecule has 1 saturated carbocycles. The van der Waals surface area contributed by atoms with Crippen LogP contribution in [0.25, 0.3) is 0 Å². The number of carbonyl (C=O) groups is 1. The van der Waals surface area contributed by atoms with Gasteiger partial charge in [-0.05, 0) is 49.2 Å². The van der Waals surface area contributed by atoms with Gasteiger partial charge in [0.05, 0.1) is 17.7 Å². The Bertz CT molecular complexity index is 888. The first kappa shape index (κ1) is 19.2. The Balaban J connectivity index is 1.70. The number of sulfonamides is 1. The summed E-state index contributed by atoms with van der Waals surface area (Å²) in [6, 6.07) is 12.9. The topological polar surface area (TPSA) is 84.5 Å². The average molecular weight is 388 g/mol. The molecular weight excluding hydrogens is 364 g/mol. The van der Waals surface area contributed by atoms with Gasteiger partial charge in [-0.1, -0.05) is 31.4 Å². The summed E-state index contributed by atoms with van der Waals surface area (Å²) in [5.74, 6) is 0.271. The van der Waals surface area contributed by atoms with Gasteiger partial charge in [-0.15, -0.1) is 0 Å². The SMILES string of the molecule is COc1ccccc1NS(=O)(=O)c1ccc(C(=O)NC2CCCCC2)cc1. The summed E-state index contributed by atoms with van der Waals surface area (Å²) >= 11 is 0. The number of nitrogens with one attached hydrogen (secondary N) is 2. The predicted octanol–water partition coefficient (Wildman–Crippen LogP) is 3.56. The first-order valence-electron chi connectivity index (χ1n) is 9.06. The summed E-state index contributed by atoms with van der Waals surface area (Å²) in [6.07, 6.45) is 5.49. The van der Waals surface area contributed by atoms with Crippen LogP contribution in [-0.4, -0.2) is 27.5 Å². The summed E-state index contributed by atoms with van der Waals surface area (Å²) in [7, 11) is -2.30. The van der Waals surface area contributed by atoms with Gasteiger partial charge in [0, 0.05) is 11.6 Å². The van der Waals surface area contributed by atoms with E-state index in [9.17, 15) is 13.2 Å². The van der Waals surface area contributed by atoms with Crippen LogP contribution < -0.4 is 14.8 Å². The van der Waals surface area contributed by atoms with Crippen molar-refractivity contribution in [3.8, 4) is 5.75 Å². The third kappa shape index (κ3) is 4.80. The van der Waals surface area contributed by atoms with E-state index in [-0.39, 0.29) is 16.8 Å². The maximum absolute atomic E-state index is 12.6. The Morgan fingerprint density at radius 2 is 1.67 bits per heavy atom. The van der Waals surface area contributed by atoms with Crippen LogP contribution in [0.5, 0.6) is 5.75 Å². The molecule has 0 atom stereocenters. The van der Waals surface area contributed by atoms with Crippen molar-refractivity contribution in [1.29, 1.82) is 0 Å².